The van der Waals surface area contributed by atoms with E-state index in [4.69, 9.17) is 5.73 Å². The topological polar surface area (TPSA) is 58.4 Å². The minimum atomic E-state index is -0.733. The molecule has 1 unspecified atom stereocenters. The number of rotatable bonds is 2. The smallest absolute Gasteiger partial charge is 0.242 e. The van der Waals surface area contributed by atoms with Crippen LogP contribution in [0.2, 0.25) is 0 Å². The van der Waals surface area contributed by atoms with Crippen molar-refractivity contribution in [2.75, 3.05) is 24.2 Å². The molecule has 98 valence electrons. The van der Waals surface area contributed by atoms with Crippen molar-refractivity contribution in [1.82, 2.24) is 5.32 Å². The Morgan fingerprint density at radius 1 is 1.44 bits per heavy atom. The van der Waals surface area contributed by atoms with Crippen LogP contribution in [0.5, 0.6) is 0 Å². The molecule has 0 bridgehead atoms. The summed E-state index contributed by atoms with van der Waals surface area (Å²) in [4.78, 5) is 13.1. The van der Waals surface area contributed by atoms with Crippen LogP contribution in [-0.4, -0.2) is 25.5 Å². The maximum Gasteiger partial charge on any atom is 0.242 e. The number of nitrogens with two attached hydrogens (primary N) is 1. The Morgan fingerprint density at radius 2 is 2.06 bits per heavy atom. The van der Waals surface area contributed by atoms with Crippen LogP contribution in [0.25, 0.3) is 0 Å². The lowest BCUT2D eigenvalue weighted by Crippen LogP contribution is -2.42. The summed E-state index contributed by atoms with van der Waals surface area (Å²) in [6.45, 7) is 0.454. The van der Waals surface area contributed by atoms with Gasteiger partial charge in [-0.1, -0.05) is 0 Å². The van der Waals surface area contributed by atoms with Gasteiger partial charge in [-0.2, -0.15) is 0 Å². The summed E-state index contributed by atoms with van der Waals surface area (Å²) in [5.41, 5.74) is 5.23. The van der Waals surface area contributed by atoms with Gasteiger partial charge in [-0.25, -0.2) is 8.78 Å². The minimum Gasteiger partial charge on any atom is -0.399 e. The van der Waals surface area contributed by atoms with Gasteiger partial charge in [0.1, 0.15) is 11.7 Å². The Hall–Kier alpha value is -1.85. The summed E-state index contributed by atoms with van der Waals surface area (Å²) in [7, 11) is 1.51. The molecule has 1 saturated heterocycles. The van der Waals surface area contributed by atoms with Gasteiger partial charge in [-0.3, -0.25) is 4.79 Å². The lowest BCUT2D eigenvalue weighted by atomic mass is 10.1. The zero-order chi connectivity index (χ0) is 13.3. The first kappa shape index (κ1) is 12.6. The molecule has 1 aromatic rings. The van der Waals surface area contributed by atoms with Crippen LogP contribution in [0, 0.1) is 11.6 Å². The average Bonchev–Trinajstić information content (AvgIpc) is 2.75. The molecule has 1 atom stereocenters. The number of nitrogen functional groups attached to an aromatic ring is 1. The third-order valence-corrected chi connectivity index (χ3v) is 3.13. The maximum absolute atomic E-state index is 13.8. The van der Waals surface area contributed by atoms with E-state index in [1.54, 1.807) is 0 Å². The molecule has 1 amide bonds. The lowest BCUT2D eigenvalue weighted by molar-refractivity contribution is -0.121. The fraction of sp³-hybridized carbons (Fsp3) is 0.417. The molecular formula is C12H15F2N3O. The second-order valence-corrected chi connectivity index (χ2v) is 4.30. The van der Waals surface area contributed by atoms with E-state index in [-0.39, 0.29) is 17.3 Å². The molecule has 1 heterocycles. The van der Waals surface area contributed by atoms with Crippen molar-refractivity contribution in [2.24, 2.45) is 0 Å². The Labute approximate surface area is 104 Å². The van der Waals surface area contributed by atoms with Crippen molar-refractivity contribution in [1.29, 1.82) is 0 Å². The molecule has 3 N–H and O–H groups in total. The molecule has 0 spiro atoms. The molecule has 0 saturated carbocycles. The number of nitrogens with zero attached hydrogens (tertiary/aromatic N) is 1. The molecular weight excluding hydrogens is 240 g/mol. The number of hydrogen-bond donors (Lipinski definition) is 2. The molecule has 4 nitrogen and oxygen atoms in total. The number of anilines is 2. The Balaban J connectivity index is 2.39. The molecule has 1 aliphatic heterocycles. The van der Waals surface area contributed by atoms with E-state index in [1.165, 1.54) is 11.9 Å². The van der Waals surface area contributed by atoms with Gasteiger partial charge >= 0.3 is 0 Å². The number of nitrogens with one attached hydrogen (secondary N) is 1. The first-order valence-corrected chi connectivity index (χ1v) is 5.77. The monoisotopic (exact) mass is 255 g/mol. The van der Waals surface area contributed by atoms with Gasteiger partial charge in [0.15, 0.2) is 11.6 Å². The standard InChI is InChI=1S/C12H15F2N3O/c1-16-12(18)10-3-2-4-17(10)11-8(13)5-7(15)6-9(11)14/h5-6,10H,2-4,15H2,1H3,(H,16,18). The highest BCUT2D eigenvalue weighted by atomic mass is 19.1. The van der Waals surface area contributed by atoms with Crippen LogP contribution in [-0.2, 0) is 4.79 Å². The molecule has 1 fully saturated rings. The molecule has 0 aliphatic carbocycles. The first-order valence-electron chi connectivity index (χ1n) is 5.77. The normalized spacial score (nSPS) is 19.1. The first-order chi connectivity index (χ1) is 8.54. The highest BCUT2D eigenvalue weighted by Crippen LogP contribution is 2.31. The van der Waals surface area contributed by atoms with E-state index in [0.29, 0.717) is 13.0 Å². The van der Waals surface area contributed by atoms with E-state index >= 15 is 0 Å². The van der Waals surface area contributed by atoms with Crippen molar-refractivity contribution in [3.05, 3.63) is 23.8 Å². The molecule has 0 radical (unpaired) electrons. The highest BCUT2D eigenvalue weighted by Gasteiger charge is 2.33. The van der Waals surface area contributed by atoms with Crippen LogP contribution in [0.3, 0.4) is 0 Å². The third-order valence-electron chi connectivity index (χ3n) is 3.13. The summed E-state index contributed by atoms with van der Waals surface area (Å²) in [6, 6.07) is 1.61. The van der Waals surface area contributed by atoms with Crippen molar-refractivity contribution >= 4 is 17.3 Å². The Bertz CT molecular complexity index is 455. The van der Waals surface area contributed by atoms with Crippen molar-refractivity contribution in [2.45, 2.75) is 18.9 Å². The Kier molecular flexibility index (Phi) is 3.36. The van der Waals surface area contributed by atoms with Gasteiger partial charge in [0.2, 0.25) is 5.91 Å². The highest BCUT2D eigenvalue weighted by molar-refractivity contribution is 5.85. The molecule has 1 aliphatic rings. The van der Waals surface area contributed by atoms with E-state index in [1.807, 2.05) is 0 Å². The van der Waals surface area contributed by atoms with Crippen LogP contribution >= 0.6 is 0 Å². The SMILES string of the molecule is CNC(=O)C1CCCN1c1c(F)cc(N)cc1F. The van der Waals surface area contributed by atoms with E-state index < -0.39 is 17.7 Å². The molecule has 0 aromatic heterocycles. The number of hydrogen-bond acceptors (Lipinski definition) is 3. The average molecular weight is 255 g/mol. The number of carbonyl (C=O) groups is 1. The van der Waals surface area contributed by atoms with Gasteiger partial charge in [-0.15, -0.1) is 0 Å². The van der Waals surface area contributed by atoms with Gasteiger partial charge in [0.25, 0.3) is 0 Å². The summed E-state index contributed by atoms with van der Waals surface area (Å²) in [5, 5.41) is 2.51. The second kappa shape index (κ2) is 4.80. The fourth-order valence-corrected chi connectivity index (χ4v) is 2.33. The maximum atomic E-state index is 13.8. The predicted molar refractivity (Wildman–Crippen MR) is 65.2 cm³/mol. The van der Waals surface area contributed by atoms with Crippen LogP contribution in [0.15, 0.2) is 12.1 Å². The van der Waals surface area contributed by atoms with Gasteiger partial charge in [0, 0.05) is 19.3 Å². The third kappa shape index (κ3) is 2.10. The van der Waals surface area contributed by atoms with Crippen LogP contribution in [0.1, 0.15) is 12.8 Å². The molecule has 18 heavy (non-hydrogen) atoms. The number of carbonyl (C=O) groups excluding carboxylic acids is 1. The minimum absolute atomic E-state index is 0.0319. The Morgan fingerprint density at radius 3 is 2.61 bits per heavy atom. The number of likely N-dealkylation sites (N-methyl/N-ethyl adjacent to an activating group) is 1. The number of amides is 1. The quantitative estimate of drug-likeness (QED) is 0.782. The van der Waals surface area contributed by atoms with E-state index in [9.17, 15) is 13.6 Å². The van der Waals surface area contributed by atoms with Gasteiger partial charge in [-0.05, 0) is 25.0 Å². The van der Waals surface area contributed by atoms with Crippen LogP contribution < -0.4 is 16.0 Å². The molecule has 1 aromatic carbocycles. The lowest BCUT2D eigenvalue weighted by Gasteiger charge is -2.26. The summed E-state index contributed by atoms with van der Waals surface area (Å²) < 4.78 is 27.6. The summed E-state index contributed by atoms with van der Waals surface area (Å²) in [5.74, 6) is -1.70. The summed E-state index contributed by atoms with van der Waals surface area (Å²) >= 11 is 0. The van der Waals surface area contributed by atoms with Crippen molar-refractivity contribution < 1.29 is 13.6 Å². The second-order valence-electron chi connectivity index (χ2n) is 4.30. The zero-order valence-corrected chi connectivity index (χ0v) is 10.0. The fourth-order valence-electron chi connectivity index (χ4n) is 2.33. The number of benzene rings is 1. The van der Waals surface area contributed by atoms with Crippen molar-refractivity contribution in [3.8, 4) is 0 Å². The van der Waals surface area contributed by atoms with E-state index in [0.717, 1.165) is 18.6 Å². The van der Waals surface area contributed by atoms with E-state index in [2.05, 4.69) is 5.32 Å². The van der Waals surface area contributed by atoms with Crippen molar-refractivity contribution in [3.63, 3.8) is 0 Å². The van der Waals surface area contributed by atoms with Crippen LogP contribution in [0.4, 0.5) is 20.2 Å². The zero-order valence-electron chi connectivity index (χ0n) is 10.0. The predicted octanol–water partition coefficient (Wildman–Crippen LogP) is 1.26. The largest absolute Gasteiger partial charge is 0.399 e. The van der Waals surface area contributed by atoms with Gasteiger partial charge < -0.3 is 16.0 Å². The van der Waals surface area contributed by atoms with Gasteiger partial charge in [0.05, 0.1) is 0 Å². The summed E-state index contributed by atoms with van der Waals surface area (Å²) in [6.07, 6.45) is 1.31. The molecule has 6 heteroatoms. The molecule has 2 rings (SSSR count). The number of halogens is 2.